The van der Waals surface area contributed by atoms with Crippen molar-refractivity contribution in [3.63, 3.8) is 0 Å². The van der Waals surface area contributed by atoms with Crippen LogP contribution in [-0.4, -0.2) is 160 Å². The molecule has 0 aliphatic carbocycles. The molecule has 72 heavy (non-hydrogen) atoms. The Balaban J connectivity index is 3.31. The zero-order chi connectivity index (χ0) is 54.8. The van der Waals surface area contributed by atoms with E-state index >= 15 is 0 Å². The highest BCUT2D eigenvalue weighted by Crippen LogP contribution is 2.10. The average Bonchev–Trinajstić information content (AvgIpc) is 3.28. The average molecular weight is 1020 g/mol. The van der Waals surface area contributed by atoms with Crippen LogP contribution in [0.25, 0.3) is 0 Å². The van der Waals surface area contributed by atoms with Gasteiger partial charge in [0.2, 0.25) is 59.1 Å². The lowest BCUT2D eigenvalue weighted by Gasteiger charge is -2.28. The van der Waals surface area contributed by atoms with Gasteiger partial charge >= 0.3 is 11.9 Å². The number of guanidine groups is 1. The van der Waals surface area contributed by atoms with E-state index in [0.717, 1.165) is 6.92 Å². The molecule has 0 spiro atoms. The molecule has 0 aliphatic heterocycles. The summed E-state index contributed by atoms with van der Waals surface area (Å²) < 4.78 is 0. The van der Waals surface area contributed by atoms with Gasteiger partial charge in [-0.2, -0.15) is 0 Å². The van der Waals surface area contributed by atoms with Gasteiger partial charge < -0.3 is 86.5 Å². The Kier molecular flexibility index (Phi) is 27.0. The number of carboxylic acid groups (broad SMARTS) is 2. The smallest absolute Gasteiger partial charge is 0.326 e. The highest BCUT2D eigenvalue weighted by atomic mass is 16.4. The summed E-state index contributed by atoms with van der Waals surface area (Å²) in [6, 6.07) is -4.25. The summed E-state index contributed by atoms with van der Waals surface area (Å²) in [5.41, 5.74) is 27.0. The SMILES string of the molecule is CC(C)[C@H](NC(=O)[C@H](C)NC(=O)[C@H](CCC(=O)O)NC(=O)[C@H](Cc1ccccc1)NC(=O)[C@H](CCC(N)=O)NC(=O)[C@@H](NC(=O)[C@@H](N)CC(N)=O)[C@@H](C)O)C(=O)NCC(=O)N[C@@H](CCCN=C(N)N)C(=O)O. The fourth-order valence-corrected chi connectivity index (χ4v) is 6.41. The number of nitrogens with one attached hydrogen (secondary N) is 8. The number of carbonyl (C=O) groups is 12. The largest absolute Gasteiger partial charge is 0.481 e. The Morgan fingerprint density at radius 3 is 1.65 bits per heavy atom. The standard InChI is InChI=1S/C43H68N14O15/c1-20(2)33(40(69)50-19-31(61)52-27(42(71)72)11-8-16-49-43(47)48)56-35(64)21(3)51-37(66)26(13-15-32(62)63)53-39(68)28(17-23-9-6-5-7-10-23)55-38(67)25(12-14-29(45)59)54-41(70)34(22(4)58)57-36(65)24(44)18-30(46)60/h5-7,9-10,20-22,24-28,33-34,58H,8,11-19,44H2,1-4H3,(H2,45,59)(H2,46,60)(H,50,69)(H,51,66)(H,52,61)(H,53,68)(H,54,70)(H,55,67)(H,56,64)(H,57,65)(H,62,63)(H,71,72)(H4,47,48,49)/t21-,22+,24-,25-,26-,27-,28-,33-,34-/m0/s1. The van der Waals surface area contributed by atoms with Crippen LogP contribution >= 0.6 is 0 Å². The van der Waals surface area contributed by atoms with Crippen LogP contribution < -0.4 is 71.2 Å². The third kappa shape index (κ3) is 24.1. The van der Waals surface area contributed by atoms with Crippen LogP contribution in [0.15, 0.2) is 35.3 Å². The van der Waals surface area contributed by atoms with Gasteiger partial charge in [-0.05, 0) is 51.0 Å². The van der Waals surface area contributed by atoms with Gasteiger partial charge in [-0.15, -0.1) is 0 Å². The third-order valence-electron chi connectivity index (χ3n) is 10.3. The first kappa shape index (κ1) is 62.1. The maximum Gasteiger partial charge on any atom is 0.326 e. The molecule has 0 bridgehead atoms. The fourth-order valence-electron chi connectivity index (χ4n) is 6.41. The number of carbonyl (C=O) groups excluding carboxylic acids is 10. The highest BCUT2D eigenvalue weighted by molar-refractivity contribution is 5.98. The number of rotatable bonds is 33. The maximum atomic E-state index is 14.1. The van der Waals surface area contributed by atoms with E-state index in [1.165, 1.54) is 6.92 Å². The summed E-state index contributed by atoms with van der Waals surface area (Å²) >= 11 is 0. The summed E-state index contributed by atoms with van der Waals surface area (Å²) in [6.07, 6.45) is -4.52. The predicted octanol–water partition coefficient (Wildman–Crippen LogP) is -6.73. The summed E-state index contributed by atoms with van der Waals surface area (Å²) in [7, 11) is 0. The van der Waals surface area contributed by atoms with Crippen LogP contribution in [0.2, 0.25) is 0 Å². The number of nitrogens with two attached hydrogens (primary N) is 5. The van der Waals surface area contributed by atoms with Gasteiger partial charge in [0, 0.05) is 25.8 Å². The van der Waals surface area contributed by atoms with Crippen LogP contribution in [-0.2, 0) is 64.0 Å². The molecule has 0 aliphatic rings. The van der Waals surface area contributed by atoms with Crippen molar-refractivity contribution < 1.29 is 72.9 Å². The van der Waals surface area contributed by atoms with Gasteiger partial charge in [0.25, 0.3) is 0 Å². The van der Waals surface area contributed by atoms with Crippen LogP contribution in [0.4, 0.5) is 0 Å². The molecule has 9 atom stereocenters. The van der Waals surface area contributed by atoms with Crippen molar-refractivity contribution in [1.29, 1.82) is 0 Å². The number of carboxylic acids is 2. The van der Waals surface area contributed by atoms with Gasteiger partial charge in [-0.1, -0.05) is 44.2 Å². The maximum absolute atomic E-state index is 14.1. The van der Waals surface area contributed by atoms with E-state index in [1.807, 2.05) is 0 Å². The number of aliphatic hydroxyl groups excluding tert-OH is 1. The van der Waals surface area contributed by atoms with E-state index in [4.69, 9.17) is 28.7 Å². The van der Waals surface area contributed by atoms with E-state index in [9.17, 15) is 72.9 Å². The molecular weight excluding hydrogens is 953 g/mol. The lowest BCUT2D eigenvalue weighted by Crippen LogP contribution is -2.61. The molecular formula is C43H68N14O15. The normalized spacial score (nSPS) is 14.6. The molecule has 0 saturated carbocycles. The summed E-state index contributed by atoms with van der Waals surface area (Å²) in [5.74, 6) is -13.5. The van der Waals surface area contributed by atoms with Crippen molar-refractivity contribution in [1.82, 2.24) is 42.5 Å². The molecule has 0 heterocycles. The monoisotopic (exact) mass is 1020 g/mol. The molecule has 29 heteroatoms. The van der Waals surface area contributed by atoms with E-state index in [0.29, 0.717) is 5.56 Å². The Labute approximate surface area is 413 Å². The van der Waals surface area contributed by atoms with Gasteiger partial charge in [0.1, 0.15) is 42.3 Å². The first-order valence-electron chi connectivity index (χ1n) is 22.6. The number of benzene rings is 1. The summed E-state index contributed by atoms with van der Waals surface area (Å²) in [5, 5.41) is 48.0. The molecule has 400 valence electrons. The molecule has 0 aromatic heterocycles. The van der Waals surface area contributed by atoms with Crippen LogP contribution in [0, 0.1) is 5.92 Å². The Morgan fingerprint density at radius 1 is 0.583 bits per heavy atom. The molecule has 1 rings (SSSR count). The van der Waals surface area contributed by atoms with Crippen molar-refractivity contribution in [2.24, 2.45) is 39.6 Å². The second-order valence-electron chi connectivity index (χ2n) is 16.9. The molecule has 1 aromatic carbocycles. The summed E-state index contributed by atoms with van der Waals surface area (Å²) in [6.45, 7) is 4.87. The van der Waals surface area contributed by atoms with Crippen molar-refractivity contribution in [2.75, 3.05) is 13.1 Å². The molecule has 0 fully saturated rings. The van der Waals surface area contributed by atoms with E-state index in [2.05, 4.69) is 47.5 Å². The molecule has 0 radical (unpaired) electrons. The van der Waals surface area contributed by atoms with Gasteiger partial charge in [0.05, 0.1) is 25.1 Å². The molecule has 10 amide bonds. The van der Waals surface area contributed by atoms with Crippen LogP contribution in [0.1, 0.15) is 78.2 Å². The minimum atomic E-state index is -1.77. The van der Waals surface area contributed by atoms with Gasteiger partial charge in [-0.25, -0.2) is 4.79 Å². The van der Waals surface area contributed by atoms with Crippen LogP contribution in [0.5, 0.6) is 0 Å². The molecule has 21 N–H and O–H groups in total. The zero-order valence-electron chi connectivity index (χ0n) is 40.3. The second kappa shape index (κ2) is 31.3. The lowest BCUT2D eigenvalue weighted by molar-refractivity contribution is -0.142. The van der Waals surface area contributed by atoms with Crippen molar-refractivity contribution in [2.45, 2.75) is 134 Å². The number of aliphatic imine (C=N–C) groups is 1. The Morgan fingerprint density at radius 2 is 1.12 bits per heavy atom. The molecule has 1 aromatic rings. The predicted molar refractivity (Wildman–Crippen MR) is 253 cm³/mol. The molecule has 0 saturated heterocycles. The summed E-state index contributed by atoms with van der Waals surface area (Å²) in [4.78, 5) is 157. The number of aliphatic hydroxyl groups is 1. The lowest BCUT2D eigenvalue weighted by atomic mass is 10.0. The second-order valence-corrected chi connectivity index (χ2v) is 16.9. The molecule has 0 unspecified atom stereocenters. The van der Waals surface area contributed by atoms with E-state index in [1.54, 1.807) is 44.2 Å². The van der Waals surface area contributed by atoms with E-state index in [-0.39, 0.29) is 31.8 Å². The minimum Gasteiger partial charge on any atom is -0.481 e. The number of hydrogen-bond acceptors (Lipinski definition) is 15. The topological polar surface area (TPSA) is 504 Å². The van der Waals surface area contributed by atoms with Crippen molar-refractivity contribution in [3.05, 3.63) is 35.9 Å². The Hall–Kier alpha value is -7.95. The van der Waals surface area contributed by atoms with Gasteiger partial charge in [0.15, 0.2) is 5.96 Å². The number of nitrogens with zero attached hydrogens (tertiary/aromatic N) is 1. The first-order valence-corrected chi connectivity index (χ1v) is 22.6. The highest BCUT2D eigenvalue weighted by Gasteiger charge is 2.35. The third-order valence-corrected chi connectivity index (χ3v) is 10.3. The number of primary amides is 2. The van der Waals surface area contributed by atoms with E-state index < -0.39 is 170 Å². The minimum absolute atomic E-state index is 0.0376. The van der Waals surface area contributed by atoms with Crippen molar-refractivity contribution in [3.8, 4) is 0 Å². The number of hydrogen-bond donors (Lipinski definition) is 16. The fraction of sp³-hybridized carbons (Fsp3) is 0.558. The van der Waals surface area contributed by atoms with Gasteiger partial charge in [-0.3, -0.25) is 57.7 Å². The first-order chi connectivity index (χ1) is 33.6. The molecule has 29 nitrogen and oxygen atoms in total. The van der Waals surface area contributed by atoms with Crippen molar-refractivity contribution >= 4 is 77.0 Å². The number of aliphatic carboxylic acids is 2. The Bertz CT molecular complexity index is 2120. The quantitative estimate of drug-likeness (QED) is 0.0177. The van der Waals surface area contributed by atoms with Crippen LogP contribution in [0.3, 0.4) is 0 Å². The number of amides is 10. The zero-order valence-corrected chi connectivity index (χ0v) is 40.3.